The molecule has 0 atom stereocenters. The van der Waals surface area contributed by atoms with E-state index in [4.69, 9.17) is 5.11 Å². The highest BCUT2D eigenvalue weighted by molar-refractivity contribution is 5.93. The molecule has 0 aliphatic heterocycles. The van der Waals surface area contributed by atoms with Crippen molar-refractivity contribution in [2.75, 3.05) is 0 Å². The normalized spacial score (nSPS) is 10.4. The molecular weight excluding hydrogens is 240 g/mol. The monoisotopic (exact) mass is 249 g/mol. The Balaban J connectivity index is 2.70. The standard InChI is InChI=1S/C13H9F2NO2/c1-7-4-5-8(11(15)10(7)14)9-3-2-6-16-12(9)13(17)18/h2-6H,1H3,(H,17,18). The number of hydrogen-bond acceptors (Lipinski definition) is 2. The van der Waals surface area contributed by atoms with E-state index in [1.54, 1.807) is 0 Å². The zero-order chi connectivity index (χ0) is 13.3. The van der Waals surface area contributed by atoms with Crippen molar-refractivity contribution in [3.63, 3.8) is 0 Å². The first-order valence-corrected chi connectivity index (χ1v) is 5.15. The van der Waals surface area contributed by atoms with Gasteiger partial charge in [0.25, 0.3) is 0 Å². The summed E-state index contributed by atoms with van der Waals surface area (Å²) in [5.41, 5.74) is -0.193. The highest BCUT2D eigenvalue weighted by Crippen LogP contribution is 2.27. The van der Waals surface area contributed by atoms with Crippen molar-refractivity contribution in [1.82, 2.24) is 4.98 Å². The maximum atomic E-state index is 13.8. The number of pyridine rings is 1. The van der Waals surface area contributed by atoms with Crippen LogP contribution < -0.4 is 0 Å². The molecule has 18 heavy (non-hydrogen) atoms. The maximum Gasteiger partial charge on any atom is 0.355 e. The Morgan fingerprint density at radius 2 is 1.89 bits per heavy atom. The van der Waals surface area contributed by atoms with Crippen molar-refractivity contribution in [2.45, 2.75) is 6.92 Å². The number of carboxylic acids is 1. The lowest BCUT2D eigenvalue weighted by Crippen LogP contribution is -2.04. The molecule has 1 heterocycles. The van der Waals surface area contributed by atoms with Crippen LogP contribution in [0.15, 0.2) is 30.5 Å². The van der Waals surface area contributed by atoms with Gasteiger partial charge in [-0.05, 0) is 18.6 Å². The average molecular weight is 249 g/mol. The lowest BCUT2D eigenvalue weighted by atomic mass is 10.0. The summed E-state index contributed by atoms with van der Waals surface area (Å²) < 4.78 is 27.3. The Morgan fingerprint density at radius 1 is 1.17 bits per heavy atom. The summed E-state index contributed by atoms with van der Waals surface area (Å²) in [5, 5.41) is 8.96. The van der Waals surface area contributed by atoms with Gasteiger partial charge in [-0.15, -0.1) is 0 Å². The molecule has 0 saturated heterocycles. The van der Waals surface area contributed by atoms with E-state index in [-0.39, 0.29) is 22.4 Å². The number of hydrogen-bond donors (Lipinski definition) is 1. The van der Waals surface area contributed by atoms with Crippen molar-refractivity contribution in [3.8, 4) is 11.1 Å². The fourth-order valence-electron chi connectivity index (χ4n) is 1.65. The summed E-state index contributed by atoms with van der Waals surface area (Å²) in [4.78, 5) is 14.6. The van der Waals surface area contributed by atoms with E-state index in [2.05, 4.69) is 4.98 Å². The van der Waals surface area contributed by atoms with E-state index in [1.807, 2.05) is 0 Å². The lowest BCUT2D eigenvalue weighted by Gasteiger charge is -2.08. The fourth-order valence-corrected chi connectivity index (χ4v) is 1.65. The Kier molecular flexibility index (Phi) is 3.06. The molecule has 92 valence electrons. The molecular formula is C13H9F2NO2. The van der Waals surface area contributed by atoms with Crippen LogP contribution >= 0.6 is 0 Å². The number of benzene rings is 1. The zero-order valence-corrected chi connectivity index (χ0v) is 9.45. The topological polar surface area (TPSA) is 50.2 Å². The summed E-state index contributed by atoms with van der Waals surface area (Å²) in [5.74, 6) is -3.33. The first-order valence-electron chi connectivity index (χ1n) is 5.15. The number of carbonyl (C=O) groups is 1. The van der Waals surface area contributed by atoms with Crippen LogP contribution in [0, 0.1) is 18.6 Å². The Morgan fingerprint density at radius 3 is 2.56 bits per heavy atom. The summed E-state index contributed by atoms with van der Waals surface area (Å²) >= 11 is 0. The first-order chi connectivity index (χ1) is 8.52. The minimum absolute atomic E-state index is 0.0569. The molecule has 0 spiro atoms. The Hall–Kier alpha value is -2.30. The summed E-state index contributed by atoms with van der Waals surface area (Å²) in [6.45, 7) is 1.43. The number of aromatic carboxylic acids is 1. The number of halogens is 2. The molecule has 2 rings (SSSR count). The number of aryl methyl sites for hydroxylation is 1. The van der Waals surface area contributed by atoms with E-state index in [0.717, 1.165) is 0 Å². The van der Waals surface area contributed by atoms with Gasteiger partial charge in [-0.2, -0.15) is 0 Å². The molecule has 0 saturated carbocycles. The summed E-state index contributed by atoms with van der Waals surface area (Å²) in [6.07, 6.45) is 1.29. The molecule has 1 N–H and O–H groups in total. The zero-order valence-electron chi connectivity index (χ0n) is 9.45. The van der Waals surface area contributed by atoms with Gasteiger partial charge in [0.2, 0.25) is 0 Å². The second-order valence-corrected chi connectivity index (χ2v) is 3.76. The third-order valence-corrected chi connectivity index (χ3v) is 2.58. The molecule has 0 aliphatic rings. The largest absolute Gasteiger partial charge is 0.476 e. The van der Waals surface area contributed by atoms with Gasteiger partial charge in [-0.3, -0.25) is 0 Å². The number of rotatable bonds is 2. The highest BCUT2D eigenvalue weighted by atomic mass is 19.2. The molecule has 1 aromatic carbocycles. The van der Waals surface area contributed by atoms with Crippen LogP contribution in [-0.4, -0.2) is 16.1 Å². The Bertz CT molecular complexity index is 626. The van der Waals surface area contributed by atoms with E-state index >= 15 is 0 Å². The Labute approximate surface area is 102 Å². The van der Waals surface area contributed by atoms with Crippen molar-refractivity contribution >= 4 is 5.97 Å². The molecule has 0 aliphatic carbocycles. The van der Waals surface area contributed by atoms with Gasteiger partial charge in [0, 0.05) is 17.3 Å². The van der Waals surface area contributed by atoms with E-state index in [9.17, 15) is 13.6 Å². The van der Waals surface area contributed by atoms with Gasteiger partial charge in [0.1, 0.15) is 0 Å². The molecule has 0 fully saturated rings. The van der Waals surface area contributed by atoms with Crippen LogP contribution in [0.3, 0.4) is 0 Å². The third-order valence-electron chi connectivity index (χ3n) is 2.58. The number of nitrogens with zero attached hydrogens (tertiary/aromatic N) is 1. The average Bonchev–Trinajstić information content (AvgIpc) is 2.36. The molecule has 0 bridgehead atoms. The van der Waals surface area contributed by atoms with Gasteiger partial charge in [0.05, 0.1) is 0 Å². The molecule has 1 aromatic heterocycles. The van der Waals surface area contributed by atoms with Crippen LogP contribution in [0.4, 0.5) is 8.78 Å². The number of carboxylic acid groups (broad SMARTS) is 1. The third kappa shape index (κ3) is 1.95. The van der Waals surface area contributed by atoms with Gasteiger partial charge in [-0.25, -0.2) is 18.6 Å². The van der Waals surface area contributed by atoms with Crippen molar-refractivity contribution in [3.05, 3.63) is 53.4 Å². The molecule has 0 unspecified atom stereocenters. The number of aromatic nitrogens is 1. The van der Waals surface area contributed by atoms with E-state index in [1.165, 1.54) is 37.4 Å². The SMILES string of the molecule is Cc1ccc(-c2cccnc2C(=O)O)c(F)c1F. The van der Waals surface area contributed by atoms with E-state index < -0.39 is 17.6 Å². The van der Waals surface area contributed by atoms with Crippen LogP contribution in [0.2, 0.25) is 0 Å². The molecule has 0 radical (unpaired) electrons. The minimum atomic E-state index is -1.29. The van der Waals surface area contributed by atoms with Crippen molar-refractivity contribution in [2.24, 2.45) is 0 Å². The fraction of sp³-hybridized carbons (Fsp3) is 0.0769. The quantitative estimate of drug-likeness (QED) is 0.889. The van der Waals surface area contributed by atoms with Crippen molar-refractivity contribution in [1.29, 1.82) is 0 Å². The van der Waals surface area contributed by atoms with Crippen LogP contribution in [0.5, 0.6) is 0 Å². The second-order valence-electron chi connectivity index (χ2n) is 3.76. The van der Waals surface area contributed by atoms with Gasteiger partial charge >= 0.3 is 5.97 Å². The smallest absolute Gasteiger partial charge is 0.355 e. The minimum Gasteiger partial charge on any atom is -0.476 e. The van der Waals surface area contributed by atoms with Gasteiger partial charge < -0.3 is 5.11 Å². The van der Waals surface area contributed by atoms with Gasteiger partial charge in [0.15, 0.2) is 17.3 Å². The molecule has 0 amide bonds. The second kappa shape index (κ2) is 4.52. The summed E-state index contributed by atoms with van der Waals surface area (Å²) in [6, 6.07) is 5.60. The molecule has 2 aromatic rings. The van der Waals surface area contributed by atoms with Crippen LogP contribution in [-0.2, 0) is 0 Å². The summed E-state index contributed by atoms with van der Waals surface area (Å²) in [7, 11) is 0. The highest BCUT2D eigenvalue weighted by Gasteiger charge is 2.18. The van der Waals surface area contributed by atoms with E-state index in [0.29, 0.717) is 0 Å². The maximum absolute atomic E-state index is 13.8. The first kappa shape index (κ1) is 12.2. The predicted octanol–water partition coefficient (Wildman–Crippen LogP) is 3.03. The van der Waals surface area contributed by atoms with Crippen LogP contribution in [0.1, 0.15) is 16.1 Å². The molecule has 5 heteroatoms. The predicted molar refractivity (Wildman–Crippen MR) is 61.3 cm³/mol. The van der Waals surface area contributed by atoms with Crippen LogP contribution in [0.25, 0.3) is 11.1 Å². The van der Waals surface area contributed by atoms with Crippen molar-refractivity contribution < 1.29 is 18.7 Å². The lowest BCUT2D eigenvalue weighted by molar-refractivity contribution is 0.0691. The molecule has 3 nitrogen and oxygen atoms in total. The van der Waals surface area contributed by atoms with Gasteiger partial charge in [-0.1, -0.05) is 18.2 Å².